The molecular weight excluding hydrogens is 446 g/mol. The van der Waals surface area contributed by atoms with E-state index in [9.17, 15) is 9.59 Å². The molecule has 1 aromatic heterocycles. The number of rotatable bonds is 8. The Morgan fingerprint density at radius 3 is 2.38 bits per heavy atom. The highest BCUT2D eigenvalue weighted by atomic mass is 35.5. The normalized spacial score (nSPS) is 12.8. The summed E-state index contributed by atoms with van der Waals surface area (Å²) in [5.74, 6) is -0.449. The van der Waals surface area contributed by atoms with Crippen LogP contribution in [0.5, 0.6) is 0 Å². The fraction of sp³-hybridized carbons (Fsp3) is 0.214. The van der Waals surface area contributed by atoms with Gasteiger partial charge in [0.1, 0.15) is 0 Å². The molecule has 174 valence electrons. The molecule has 4 aromatic rings. The van der Waals surface area contributed by atoms with Crippen LogP contribution in [0, 0.1) is 6.92 Å². The standard InChI is InChI=1S/C28H28ClN3O2/c1-18-11-13-20(14-12-18)27(32-19(2)33)15-28(34)31-17-23(21-7-3-5-9-25(21)29)24-16-30-26-10-6-4-8-22(24)26/h3-14,16,23,27,30H,15,17H2,1-2H3,(H,31,34)(H,32,33). The minimum Gasteiger partial charge on any atom is -0.361 e. The highest BCUT2D eigenvalue weighted by molar-refractivity contribution is 6.31. The van der Waals surface area contributed by atoms with Gasteiger partial charge in [0.2, 0.25) is 11.8 Å². The van der Waals surface area contributed by atoms with Gasteiger partial charge in [0.25, 0.3) is 0 Å². The van der Waals surface area contributed by atoms with Gasteiger partial charge in [-0.2, -0.15) is 0 Å². The van der Waals surface area contributed by atoms with Crippen LogP contribution >= 0.6 is 11.6 Å². The molecule has 4 rings (SSSR count). The van der Waals surface area contributed by atoms with Gasteiger partial charge in [-0.3, -0.25) is 9.59 Å². The van der Waals surface area contributed by atoms with Crippen LogP contribution in [-0.2, 0) is 9.59 Å². The van der Waals surface area contributed by atoms with Crippen molar-refractivity contribution >= 4 is 34.3 Å². The molecule has 2 unspecified atom stereocenters. The highest BCUT2D eigenvalue weighted by Crippen LogP contribution is 2.34. The Bertz CT molecular complexity index is 1300. The molecule has 0 aliphatic carbocycles. The van der Waals surface area contributed by atoms with Crippen molar-refractivity contribution in [3.63, 3.8) is 0 Å². The first-order valence-electron chi connectivity index (χ1n) is 11.3. The SMILES string of the molecule is CC(=O)NC(CC(=O)NCC(c1ccccc1Cl)c1c[nH]c2ccccc12)c1ccc(C)cc1. The molecule has 34 heavy (non-hydrogen) atoms. The van der Waals surface area contributed by atoms with E-state index in [1.54, 1.807) is 0 Å². The van der Waals surface area contributed by atoms with E-state index in [1.807, 2.05) is 79.9 Å². The number of aryl methyl sites for hydroxylation is 1. The lowest BCUT2D eigenvalue weighted by atomic mass is 9.90. The molecule has 0 spiro atoms. The van der Waals surface area contributed by atoms with E-state index >= 15 is 0 Å². The lowest BCUT2D eigenvalue weighted by Crippen LogP contribution is -2.34. The Balaban J connectivity index is 1.56. The minimum absolute atomic E-state index is 0.132. The van der Waals surface area contributed by atoms with E-state index in [-0.39, 0.29) is 24.2 Å². The van der Waals surface area contributed by atoms with E-state index in [0.717, 1.165) is 33.2 Å². The molecular formula is C28H28ClN3O2. The van der Waals surface area contributed by atoms with Crippen LogP contribution in [0.1, 0.15) is 47.6 Å². The molecule has 5 nitrogen and oxygen atoms in total. The summed E-state index contributed by atoms with van der Waals surface area (Å²) in [6, 6.07) is 23.2. The molecule has 0 saturated carbocycles. The van der Waals surface area contributed by atoms with Gasteiger partial charge >= 0.3 is 0 Å². The van der Waals surface area contributed by atoms with Crippen LogP contribution in [0.3, 0.4) is 0 Å². The summed E-state index contributed by atoms with van der Waals surface area (Å²) < 4.78 is 0. The number of fused-ring (bicyclic) bond motifs is 1. The second-order valence-corrected chi connectivity index (χ2v) is 8.94. The minimum atomic E-state index is -0.398. The van der Waals surface area contributed by atoms with Crippen molar-refractivity contribution in [3.05, 3.63) is 106 Å². The maximum atomic E-state index is 13.0. The first kappa shape index (κ1) is 23.6. The zero-order valence-corrected chi connectivity index (χ0v) is 20.0. The Kier molecular flexibility index (Phi) is 7.33. The van der Waals surface area contributed by atoms with Crippen molar-refractivity contribution in [1.29, 1.82) is 0 Å². The van der Waals surface area contributed by atoms with E-state index in [4.69, 9.17) is 11.6 Å². The number of nitrogens with one attached hydrogen (secondary N) is 3. The number of para-hydroxylation sites is 1. The molecule has 0 aliphatic heterocycles. The fourth-order valence-electron chi connectivity index (χ4n) is 4.30. The van der Waals surface area contributed by atoms with Crippen molar-refractivity contribution in [1.82, 2.24) is 15.6 Å². The summed E-state index contributed by atoms with van der Waals surface area (Å²) in [6.45, 7) is 3.85. The maximum Gasteiger partial charge on any atom is 0.222 e. The lowest BCUT2D eigenvalue weighted by Gasteiger charge is -2.22. The van der Waals surface area contributed by atoms with E-state index in [0.29, 0.717) is 11.6 Å². The molecule has 0 fully saturated rings. The van der Waals surface area contributed by atoms with Crippen molar-refractivity contribution < 1.29 is 9.59 Å². The predicted molar refractivity (Wildman–Crippen MR) is 137 cm³/mol. The number of hydrogen-bond donors (Lipinski definition) is 3. The summed E-state index contributed by atoms with van der Waals surface area (Å²) in [6.07, 6.45) is 2.13. The molecule has 0 aliphatic rings. The smallest absolute Gasteiger partial charge is 0.222 e. The van der Waals surface area contributed by atoms with Gasteiger partial charge in [0, 0.05) is 41.5 Å². The molecule has 3 aromatic carbocycles. The predicted octanol–water partition coefficient (Wildman–Crippen LogP) is 5.65. The van der Waals surface area contributed by atoms with Crippen LogP contribution in [-0.4, -0.2) is 23.3 Å². The average molecular weight is 474 g/mol. The van der Waals surface area contributed by atoms with Crippen molar-refractivity contribution in [2.75, 3.05) is 6.54 Å². The zero-order chi connectivity index (χ0) is 24.1. The summed E-state index contributed by atoms with van der Waals surface area (Å²) in [4.78, 5) is 28.1. The first-order valence-corrected chi connectivity index (χ1v) is 11.7. The van der Waals surface area contributed by atoms with Crippen molar-refractivity contribution in [2.45, 2.75) is 32.2 Å². The lowest BCUT2D eigenvalue weighted by molar-refractivity contribution is -0.122. The van der Waals surface area contributed by atoms with Crippen LogP contribution in [0.15, 0.2) is 79.0 Å². The third kappa shape index (κ3) is 5.49. The monoisotopic (exact) mass is 473 g/mol. The molecule has 0 saturated heterocycles. The van der Waals surface area contributed by atoms with Gasteiger partial charge in [-0.25, -0.2) is 0 Å². The number of benzene rings is 3. The molecule has 1 heterocycles. The first-order chi connectivity index (χ1) is 16.4. The van der Waals surface area contributed by atoms with Gasteiger partial charge in [0.15, 0.2) is 0 Å². The highest BCUT2D eigenvalue weighted by Gasteiger charge is 2.23. The zero-order valence-electron chi connectivity index (χ0n) is 19.3. The number of carbonyl (C=O) groups excluding carboxylic acids is 2. The number of halogens is 1. The number of amides is 2. The third-order valence-corrected chi connectivity index (χ3v) is 6.37. The van der Waals surface area contributed by atoms with Gasteiger partial charge in [-0.05, 0) is 35.7 Å². The van der Waals surface area contributed by atoms with Gasteiger partial charge in [-0.1, -0.05) is 77.8 Å². The summed E-state index contributed by atoms with van der Waals surface area (Å²) >= 11 is 6.57. The molecule has 0 bridgehead atoms. The second-order valence-electron chi connectivity index (χ2n) is 8.54. The Morgan fingerprint density at radius 2 is 1.65 bits per heavy atom. The number of H-pyrrole nitrogens is 1. The molecule has 6 heteroatoms. The number of hydrogen-bond acceptors (Lipinski definition) is 2. The summed E-state index contributed by atoms with van der Waals surface area (Å²) in [5.41, 5.74) is 5.07. The molecule has 3 N–H and O–H groups in total. The Labute approximate surface area is 204 Å². The quantitative estimate of drug-likeness (QED) is 0.309. The van der Waals surface area contributed by atoms with Crippen LogP contribution < -0.4 is 10.6 Å². The van der Waals surface area contributed by atoms with Gasteiger partial charge in [-0.15, -0.1) is 0 Å². The van der Waals surface area contributed by atoms with E-state index < -0.39 is 6.04 Å². The maximum absolute atomic E-state index is 13.0. The Hall–Kier alpha value is -3.57. The van der Waals surface area contributed by atoms with Gasteiger partial charge < -0.3 is 15.6 Å². The van der Waals surface area contributed by atoms with Gasteiger partial charge in [0.05, 0.1) is 12.5 Å². The molecule has 2 amide bonds. The number of aromatic amines is 1. The number of aromatic nitrogens is 1. The van der Waals surface area contributed by atoms with Crippen LogP contribution in [0.4, 0.5) is 0 Å². The summed E-state index contributed by atoms with van der Waals surface area (Å²) in [7, 11) is 0. The number of carbonyl (C=O) groups is 2. The second kappa shape index (κ2) is 10.6. The topological polar surface area (TPSA) is 74.0 Å². The summed E-state index contributed by atoms with van der Waals surface area (Å²) in [5, 5.41) is 7.73. The molecule has 2 atom stereocenters. The third-order valence-electron chi connectivity index (χ3n) is 6.03. The van der Waals surface area contributed by atoms with Crippen molar-refractivity contribution in [2.24, 2.45) is 0 Å². The molecule has 0 radical (unpaired) electrons. The van der Waals surface area contributed by atoms with Crippen LogP contribution in [0.2, 0.25) is 5.02 Å². The van der Waals surface area contributed by atoms with E-state index in [2.05, 4.69) is 21.7 Å². The van der Waals surface area contributed by atoms with E-state index in [1.165, 1.54) is 6.92 Å². The van der Waals surface area contributed by atoms with Crippen LogP contribution in [0.25, 0.3) is 10.9 Å². The average Bonchev–Trinajstić information content (AvgIpc) is 3.24. The van der Waals surface area contributed by atoms with Crippen molar-refractivity contribution in [3.8, 4) is 0 Å². The largest absolute Gasteiger partial charge is 0.361 e. The fourth-order valence-corrected chi connectivity index (χ4v) is 4.56. The Morgan fingerprint density at radius 1 is 0.941 bits per heavy atom.